The smallest absolute Gasteiger partial charge is 0.192 e. The molecule has 2 nitrogen and oxygen atoms in total. The van der Waals surface area contributed by atoms with Crippen LogP contribution in [-0.2, 0) is 9.16 Å². The summed E-state index contributed by atoms with van der Waals surface area (Å²) in [6.07, 6.45) is 4.64. The number of rotatable bonds is 5. The second-order valence-corrected chi connectivity index (χ2v) is 13.0. The molecule has 0 aliphatic carbocycles. The van der Waals surface area contributed by atoms with E-state index >= 15 is 0 Å². The molecule has 0 aromatic heterocycles. The maximum atomic E-state index is 6.75. The fourth-order valence-electron chi connectivity index (χ4n) is 2.92. The summed E-state index contributed by atoms with van der Waals surface area (Å²) in [7, 11) is -1.78. The van der Waals surface area contributed by atoms with Gasteiger partial charge in [-0.15, -0.1) is 6.58 Å². The summed E-state index contributed by atoms with van der Waals surface area (Å²) in [5, 5.41) is 0.232. The van der Waals surface area contributed by atoms with Crippen LogP contribution in [0.25, 0.3) is 0 Å². The Kier molecular flexibility index (Phi) is 6.28. The molecule has 1 aliphatic heterocycles. The van der Waals surface area contributed by atoms with Crippen LogP contribution in [0.15, 0.2) is 12.7 Å². The minimum atomic E-state index is -1.78. The van der Waals surface area contributed by atoms with Crippen LogP contribution < -0.4 is 0 Å². The van der Waals surface area contributed by atoms with E-state index in [9.17, 15) is 0 Å². The van der Waals surface area contributed by atoms with E-state index in [-0.39, 0.29) is 17.2 Å². The van der Waals surface area contributed by atoms with Gasteiger partial charge in [-0.2, -0.15) is 0 Å². The van der Waals surface area contributed by atoms with Gasteiger partial charge >= 0.3 is 0 Å². The van der Waals surface area contributed by atoms with E-state index in [1.807, 2.05) is 6.08 Å². The maximum Gasteiger partial charge on any atom is 0.192 e. The van der Waals surface area contributed by atoms with Crippen molar-refractivity contribution >= 4 is 8.32 Å². The molecule has 1 rings (SSSR count). The van der Waals surface area contributed by atoms with Crippen molar-refractivity contribution in [2.24, 2.45) is 11.8 Å². The zero-order valence-corrected chi connectivity index (χ0v) is 16.4. The molecule has 124 valence electrons. The maximum absolute atomic E-state index is 6.75. The lowest BCUT2D eigenvalue weighted by atomic mass is 9.80. The van der Waals surface area contributed by atoms with Crippen LogP contribution in [0.3, 0.4) is 0 Å². The summed E-state index contributed by atoms with van der Waals surface area (Å²) in [5.41, 5.74) is 0. The summed E-state index contributed by atoms with van der Waals surface area (Å²) in [4.78, 5) is 0. The van der Waals surface area contributed by atoms with Gasteiger partial charge in [-0.05, 0) is 42.8 Å². The number of hydrogen-bond donors (Lipinski definition) is 0. The van der Waals surface area contributed by atoms with Gasteiger partial charge in [-0.25, -0.2) is 0 Å². The standard InChI is InChI=1S/C18H36O2Si/c1-10-12-16-17(20-21(8,9)18(5,6)7)14(4)13(3)15(11-2)19-16/h10,13-17H,1,11-12H2,2-9H3/t13-,14-,15+,16+,17-/m0/s1. The first-order valence-electron chi connectivity index (χ1n) is 8.49. The summed E-state index contributed by atoms with van der Waals surface area (Å²) >= 11 is 0. The van der Waals surface area contributed by atoms with Crippen molar-refractivity contribution in [2.75, 3.05) is 0 Å². The predicted octanol–water partition coefficient (Wildman–Crippen LogP) is 5.40. The minimum Gasteiger partial charge on any atom is -0.411 e. The highest BCUT2D eigenvalue weighted by atomic mass is 28.4. The average Bonchev–Trinajstić information content (AvgIpc) is 2.37. The first kappa shape index (κ1) is 18.9. The van der Waals surface area contributed by atoms with Crippen LogP contribution in [-0.4, -0.2) is 26.6 Å². The largest absolute Gasteiger partial charge is 0.411 e. The van der Waals surface area contributed by atoms with Gasteiger partial charge in [0.2, 0.25) is 0 Å². The third kappa shape index (κ3) is 4.20. The minimum absolute atomic E-state index is 0.160. The molecule has 3 heteroatoms. The lowest BCUT2D eigenvalue weighted by Gasteiger charge is -2.49. The molecule has 0 bridgehead atoms. The monoisotopic (exact) mass is 312 g/mol. The predicted molar refractivity (Wildman–Crippen MR) is 94.2 cm³/mol. The van der Waals surface area contributed by atoms with Crippen LogP contribution in [0.5, 0.6) is 0 Å². The van der Waals surface area contributed by atoms with Gasteiger partial charge in [0.1, 0.15) is 0 Å². The zero-order valence-electron chi connectivity index (χ0n) is 15.4. The third-order valence-electron chi connectivity index (χ3n) is 5.69. The molecule has 0 amide bonds. The van der Waals surface area contributed by atoms with Crippen molar-refractivity contribution < 1.29 is 9.16 Å². The molecule has 1 saturated heterocycles. The van der Waals surface area contributed by atoms with Crippen molar-refractivity contribution in [3.8, 4) is 0 Å². The van der Waals surface area contributed by atoms with Crippen LogP contribution in [0.4, 0.5) is 0 Å². The van der Waals surface area contributed by atoms with Gasteiger partial charge in [-0.1, -0.05) is 47.6 Å². The van der Waals surface area contributed by atoms with Gasteiger partial charge < -0.3 is 9.16 Å². The quantitative estimate of drug-likeness (QED) is 0.499. The van der Waals surface area contributed by atoms with E-state index < -0.39 is 8.32 Å². The molecule has 1 heterocycles. The zero-order chi connectivity index (χ0) is 16.4. The molecular weight excluding hydrogens is 276 g/mol. The Labute approximate surface area is 133 Å². The summed E-state index contributed by atoms with van der Waals surface area (Å²) < 4.78 is 13.1. The molecule has 0 N–H and O–H groups in total. The fourth-order valence-corrected chi connectivity index (χ4v) is 4.32. The van der Waals surface area contributed by atoms with Gasteiger partial charge in [-0.3, -0.25) is 0 Å². The summed E-state index contributed by atoms with van der Waals surface area (Å²) in [6.45, 7) is 22.3. The molecule has 0 unspecified atom stereocenters. The van der Waals surface area contributed by atoms with E-state index in [1.165, 1.54) is 0 Å². The lowest BCUT2D eigenvalue weighted by Crippen LogP contribution is -2.55. The van der Waals surface area contributed by atoms with Crippen LogP contribution >= 0.6 is 0 Å². The highest BCUT2D eigenvalue weighted by Crippen LogP contribution is 2.42. The summed E-state index contributed by atoms with van der Waals surface area (Å²) in [5.74, 6) is 1.08. The van der Waals surface area contributed by atoms with E-state index in [1.54, 1.807) is 0 Å². The van der Waals surface area contributed by atoms with Crippen molar-refractivity contribution in [1.82, 2.24) is 0 Å². The van der Waals surface area contributed by atoms with Crippen molar-refractivity contribution in [1.29, 1.82) is 0 Å². The van der Waals surface area contributed by atoms with Crippen molar-refractivity contribution in [3.63, 3.8) is 0 Å². The highest BCUT2D eigenvalue weighted by molar-refractivity contribution is 6.74. The lowest BCUT2D eigenvalue weighted by molar-refractivity contribution is -0.161. The topological polar surface area (TPSA) is 18.5 Å². The van der Waals surface area contributed by atoms with E-state index in [0.29, 0.717) is 17.9 Å². The van der Waals surface area contributed by atoms with Gasteiger partial charge in [0.05, 0.1) is 18.3 Å². The van der Waals surface area contributed by atoms with E-state index in [2.05, 4.69) is 61.2 Å². The Morgan fingerprint density at radius 3 is 2.14 bits per heavy atom. The second kappa shape index (κ2) is 6.97. The highest BCUT2D eigenvalue weighted by Gasteiger charge is 2.46. The second-order valence-electron chi connectivity index (χ2n) is 8.21. The SMILES string of the molecule is C=CC[C@H]1O[C@H](CC)[C@@H](C)[C@H](C)[C@@H]1O[Si](C)(C)C(C)(C)C. The molecule has 0 radical (unpaired) electrons. The summed E-state index contributed by atoms with van der Waals surface area (Å²) in [6, 6.07) is 0. The Balaban J connectivity index is 2.97. The Bertz CT molecular complexity index is 346. The molecule has 5 atom stereocenters. The first-order chi connectivity index (χ1) is 9.55. The molecule has 0 aromatic rings. The normalized spacial score (nSPS) is 34.8. The Morgan fingerprint density at radius 1 is 1.14 bits per heavy atom. The molecular formula is C18H36O2Si. The Morgan fingerprint density at radius 2 is 1.71 bits per heavy atom. The molecule has 1 fully saturated rings. The van der Waals surface area contributed by atoms with E-state index in [0.717, 1.165) is 12.8 Å². The van der Waals surface area contributed by atoms with E-state index in [4.69, 9.17) is 9.16 Å². The third-order valence-corrected chi connectivity index (χ3v) is 10.2. The molecule has 1 aliphatic rings. The van der Waals surface area contributed by atoms with Crippen molar-refractivity contribution in [3.05, 3.63) is 12.7 Å². The van der Waals surface area contributed by atoms with Gasteiger partial charge in [0, 0.05) is 0 Å². The number of hydrogen-bond acceptors (Lipinski definition) is 2. The molecule has 0 aromatic carbocycles. The van der Waals surface area contributed by atoms with Gasteiger partial charge in [0.25, 0.3) is 0 Å². The Hall–Kier alpha value is -0.123. The van der Waals surface area contributed by atoms with Crippen LogP contribution in [0, 0.1) is 11.8 Å². The van der Waals surface area contributed by atoms with Crippen molar-refractivity contribution in [2.45, 2.75) is 90.8 Å². The fraction of sp³-hybridized carbons (Fsp3) is 0.889. The average molecular weight is 313 g/mol. The van der Waals surface area contributed by atoms with Gasteiger partial charge in [0.15, 0.2) is 8.32 Å². The first-order valence-corrected chi connectivity index (χ1v) is 11.4. The van der Waals surface area contributed by atoms with Crippen LogP contribution in [0.1, 0.15) is 54.4 Å². The molecule has 21 heavy (non-hydrogen) atoms. The van der Waals surface area contributed by atoms with Crippen LogP contribution in [0.2, 0.25) is 18.1 Å². The number of ether oxygens (including phenoxy) is 1. The molecule has 0 spiro atoms. The molecule has 0 saturated carbocycles.